The average molecular weight is 417 g/mol. The molecule has 0 aliphatic rings. The molecule has 160 valence electrons. The lowest BCUT2D eigenvalue weighted by molar-refractivity contribution is -0.422. The van der Waals surface area contributed by atoms with E-state index in [1.165, 1.54) is 52.5 Å². The fourth-order valence-electron chi connectivity index (χ4n) is 2.62. The van der Waals surface area contributed by atoms with Crippen LogP contribution >= 0.6 is 0 Å². The second kappa shape index (κ2) is 10.1. The molecule has 2 aromatic rings. The molecular formula is C21H23NO8. The molecule has 0 saturated heterocycles. The van der Waals surface area contributed by atoms with Crippen molar-refractivity contribution in [1.29, 1.82) is 0 Å². The van der Waals surface area contributed by atoms with Crippen LogP contribution in [0.4, 0.5) is 0 Å². The van der Waals surface area contributed by atoms with Crippen molar-refractivity contribution in [3.63, 3.8) is 0 Å². The summed E-state index contributed by atoms with van der Waals surface area (Å²) in [6.45, 7) is 3.48. The van der Waals surface area contributed by atoms with E-state index in [-0.39, 0.29) is 22.8 Å². The Morgan fingerprint density at radius 2 is 1.63 bits per heavy atom. The van der Waals surface area contributed by atoms with E-state index in [0.717, 1.165) is 0 Å². The predicted octanol–water partition coefficient (Wildman–Crippen LogP) is 3.97. The molecular weight excluding hydrogens is 394 g/mol. The Kier molecular flexibility index (Phi) is 7.62. The summed E-state index contributed by atoms with van der Waals surface area (Å²) in [4.78, 5) is 23.1. The molecule has 0 aromatic heterocycles. The van der Waals surface area contributed by atoms with Crippen LogP contribution in [0, 0.1) is 10.1 Å². The lowest BCUT2D eigenvalue weighted by atomic mass is 10.1. The highest BCUT2D eigenvalue weighted by molar-refractivity contribution is 5.93. The number of rotatable bonds is 9. The van der Waals surface area contributed by atoms with Crippen molar-refractivity contribution < 1.29 is 33.4 Å². The summed E-state index contributed by atoms with van der Waals surface area (Å²) in [7, 11) is 4.35. The van der Waals surface area contributed by atoms with Crippen molar-refractivity contribution in [1.82, 2.24) is 0 Å². The standard InChI is InChI=1S/C21H23NO8/c1-6-29-17-10-14(9-13(2)22(24)25)7-8-16(17)30-21(23)15-11-18(26-3)20(28-5)19(12-15)27-4/h7-12H,6H2,1-5H3. The van der Waals surface area contributed by atoms with E-state index in [4.69, 9.17) is 23.7 Å². The Hall–Kier alpha value is -3.75. The van der Waals surface area contributed by atoms with E-state index in [9.17, 15) is 14.9 Å². The van der Waals surface area contributed by atoms with Crippen molar-refractivity contribution in [2.45, 2.75) is 13.8 Å². The molecule has 0 atom stereocenters. The van der Waals surface area contributed by atoms with Gasteiger partial charge in [0.1, 0.15) is 0 Å². The number of nitrogens with zero attached hydrogens (tertiary/aromatic N) is 1. The third-order valence-electron chi connectivity index (χ3n) is 4.03. The summed E-state index contributed by atoms with van der Waals surface area (Å²) in [5, 5.41) is 10.8. The largest absolute Gasteiger partial charge is 0.493 e. The predicted molar refractivity (Wildman–Crippen MR) is 109 cm³/mol. The van der Waals surface area contributed by atoms with E-state index < -0.39 is 10.9 Å². The van der Waals surface area contributed by atoms with Crippen molar-refractivity contribution in [3.8, 4) is 28.7 Å². The Bertz CT molecular complexity index is 942. The topological polar surface area (TPSA) is 106 Å². The first-order chi connectivity index (χ1) is 14.3. The maximum absolute atomic E-state index is 12.7. The number of esters is 1. The highest BCUT2D eigenvalue weighted by atomic mass is 16.6. The molecule has 0 heterocycles. The molecule has 2 rings (SSSR count). The first-order valence-electron chi connectivity index (χ1n) is 8.96. The van der Waals surface area contributed by atoms with Crippen molar-refractivity contribution in [2.75, 3.05) is 27.9 Å². The molecule has 0 N–H and O–H groups in total. The quantitative estimate of drug-likeness (QED) is 0.261. The number of hydrogen-bond acceptors (Lipinski definition) is 8. The number of methoxy groups -OCH3 is 3. The molecule has 0 fully saturated rings. The number of carbonyl (C=O) groups is 1. The molecule has 0 radical (unpaired) electrons. The van der Waals surface area contributed by atoms with Gasteiger partial charge in [-0.15, -0.1) is 0 Å². The van der Waals surface area contributed by atoms with Gasteiger partial charge in [0.15, 0.2) is 23.0 Å². The second-order valence-corrected chi connectivity index (χ2v) is 5.99. The number of hydrogen-bond donors (Lipinski definition) is 0. The monoisotopic (exact) mass is 417 g/mol. The maximum atomic E-state index is 12.7. The van der Waals surface area contributed by atoms with E-state index >= 15 is 0 Å². The Morgan fingerprint density at radius 1 is 1.00 bits per heavy atom. The van der Waals surface area contributed by atoms with Gasteiger partial charge < -0.3 is 23.7 Å². The summed E-state index contributed by atoms with van der Waals surface area (Å²) >= 11 is 0. The van der Waals surface area contributed by atoms with Gasteiger partial charge in [-0.3, -0.25) is 10.1 Å². The van der Waals surface area contributed by atoms with Crippen LogP contribution < -0.4 is 23.7 Å². The minimum atomic E-state index is -0.667. The highest BCUT2D eigenvalue weighted by Crippen LogP contribution is 2.39. The minimum absolute atomic E-state index is 0.0281. The third-order valence-corrected chi connectivity index (χ3v) is 4.03. The fraction of sp³-hybridized carbons (Fsp3) is 0.286. The fourth-order valence-corrected chi connectivity index (χ4v) is 2.62. The van der Waals surface area contributed by atoms with Gasteiger partial charge in [0, 0.05) is 13.0 Å². The zero-order valence-corrected chi connectivity index (χ0v) is 17.4. The summed E-state index contributed by atoms with van der Waals surface area (Å²) in [5.41, 5.74) is 0.694. The summed E-state index contributed by atoms with van der Waals surface area (Å²) in [5.74, 6) is 0.757. The van der Waals surface area contributed by atoms with Gasteiger partial charge in [-0.2, -0.15) is 0 Å². The summed E-state index contributed by atoms with van der Waals surface area (Å²) in [6, 6.07) is 7.62. The number of benzene rings is 2. The number of carbonyl (C=O) groups excluding carboxylic acids is 1. The minimum Gasteiger partial charge on any atom is -0.493 e. The third kappa shape index (κ3) is 5.19. The Balaban J connectivity index is 2.38. The smallest absolute Gasteiger partial charge is 0.343 e. The van der Waals surface area contributed by atoms with Crippen molar-refractivity contribution >= 4 is 12.0 Å². The molecule has 0 amide bonds. The van der Waals surface area contributed by atoms with Gasteiger partial charge in [-0.05, 0) is 36.8 Å². The SMILES string of the molecule is CCOc1cc(C=C(C)[N+](=O)[O-])ccc1OC(=O)c1cc(OC)c(OC)c(OC)c1. The van der Waals surface area contributed by atoms with Crippen LogP contribution in [0.15, 0.2) is 36.0 Å². The lowest BCUT2D eigenvalue weighted by Crippen LogP contribution is -2.11. The lowest BCUT2D eigenvalue weighted by Gasteiger charge is -2.15. The summed E-state index contributed by atoms with van der Waals surface area (Å²) in [6.07, 6.45) is 1.40. The molecule has 0 aliphatic heterocycles. The van der Waals surface area contributed by atoms with Crippen LogP contribution in [0.5, 0.6) is 28.7 Å². The van der Waals surface area contributed by atoms with E-state index in [1.807, 2.05) is 0 Å². The molecule has 9 heteroatoms. The van der Waals surface area contributed by atoms with Crippen LogP contribution in [-0.2, 0) is 0 Å². The average Bonchev–Trinajstić information content (AvgIpc) is 2.74. The first-order valence-corrected chi connectivity index (χ1v) is 8.96. The van der Waals surface area contributed by atoms with E-state index in [1.54, 1.807) is 19.1 Å². The van der Waals surface area contributed by atoms with Gasteiger partial charge >= 0.3 is 5.97 Å². The molecule has 0 spiro atoms. The molecule has 0 bridgehead atoms. The van der Waals surface area contributed by atoms with Crippen LogP contribution in [0.2, 0.25) is 0 Å². The number of nitro groups is 1. The van der Waals surface area contributed by atoms with E-state index in [2.05, 4.69) is 0 Å². The van der Waals surface area contributed by atoms with Gasteiger partial charge in [0.25, 0.3) is 0 Å². The normalized spacial score (nSPS) is 10.9. The first kappa shape index (κ1) is 22.5. The van der Waals surface area contributed by atoms with Gasteiger partial charge in [0.2, 0.25) is 11.4 Å². The number of ether oxygens (including phenoxy) is 5. The molecule has 0 unspecified atom stereocenters. The van der Waals surface area contributed by atoms with Crippen molar-refractivity contribution in [3.05, 3.63) is 57.3 Å². The Labute approximate surface area is 173 Å². The van der Waals surface area contributed by atoms with Gasteiger partial charge in [-0.1, -0.05) is 6.07 Å². The zero-order chi connectivity index (χ0) is 22.3. The second-order valence-electron chi connectivity index (χ2n) is 5.99. The molecule has 9 nitrogen and oxygen atoms in total. The van der Waals surface area contributed by atoms with Crippen LogP contribution in [0.25, 0.3) is 6.08 Å². The molecule has 0 aliphatic carbocycles. The van der Waals surface area contributed by atoms with Gasteiger partial charge in [-0.25, -0.2) is 4.79 Å². The van der Waals surface area contributed by atoms with Crippen molar-refractivity contribution in [2.24, 2.45) is 0 Å². The number of allylic oxidation sites excluding steroid dienone is 1. The molecule has 0 saturated carbocycles. The van der Waals surface area contributed by atoms with Gasteiger partial charge in [0.05, 0.1) is 38.4 Å². The molecule has 2 aromatic carbocycles. The van der Waals surface area contributed by atoms with Crippen LogP contribution in [0.3, 0.4) is 0 Å². The van der Waals surface area contributed by atoms with E-state index in [0.29, 0.717) is 29.4 Å². The zero-order valence-electron chi connectivity index (χ0n) is 17.4. The maximum Gasteiger partial charge on any atom is 0.343 e. The Morgan fingerprint density at radius 3 is 2.13 bits per heavy atom. The molecule has 30 heavy (non-hydrogen) atoms. The summed E-state index contributed by atoms with van der Waals surface area (Å²) < 4.78 is 26.8. The highest BCUT2D eigenvalue weighted by Gasteiger charge is 2.20. The van der Waals surface area contributed by atoms with Crippen LogP contribution in [0.1, 0.15) is 29.8 Å². The van der Waals surface area contributed by atoms with Crippen LogP contribution in [-0.4, -0.2) is 38.8 Å².